The van der Waals surface area contributed by atoms with Crippen molar-refractivity contribution >= 4 is 11.6 Å². The summed E-state index contributed by atoms with van der Waals surface area (Å²) in [7, 11) is 0. The summed E-state index contributed by atoms with van der Waals surface area (Å²) in [6.45, 7) is 1.27. The van der Waals surface area contributed by atoms with Gasteiger partial charge in [0.25, 0.3) is 5.56 Å². The molecule has 1 amide bonds. The van der Waals surface area contributed by atoms with Crippen LogP contribution in [0.1, 0.15) is 24.9 Å². The number of rotatable bonds is 2. The van der Waals surface area contributed by atoms with Crippen molar-refractivity contribution < 1.29 is 27.8 Å². The standard InChI is InChI=1S/C13H15F3N2O4/c1-7(19)17-9-4-8(13(14,15)16)5-18(12(9)21)10-6-22-3-2-11(10)20/h4-5,10-11,20H,2-3,6H2,1H3,(H,17,19)/t10?,11-/m1/s1. The van der Waals surface area contributed by atoms with Crippen LogP contribution in [0.3, 0.4) is 0 Å². The van der Waals surface area contributed by atoms with Gasteiger partial charge in [0, 0.05) is 19.7 Å². The first-order valence-corrected chi connectivity index (χ1v) is 6.57. The van der Waals surface area contributed by atoms with Gasteiger partial charge in [0.1, 0.15) is 5.69 Å². The first kappa shape index (κ1) is 16.5. The molecule has 1 unspecified atom stereocenters. The van der Waals surface area contributed by atoms with Crippen molar-refractivity contribution in [2.75, 3.05) is 18.5 Å². The molecule has 0 aromatic carbocycles. The van der Waals surface area contributed by atoms with Gasteiger partial charge in [-0.2, -0.15) is 13.2 Å². The molecule has 0 bridgehead atoms. The zero-order valence-corrected chi connectivity index (χ0v) is 11.7. The SMILES string of the molecule is CC(=O)Nc1cc(C(F)(F)F)cn(C2COCC[C@H]2O)c1=O. The van der Waals surface area contributed by atoms with Gasteiger partial charge in [-0.05, 0) is 12.5 Å². The van der Waals surface area contributed by atoms with Crippen LogP contribution in [0.15, 0.2) is 17.1 Å². The van der Waals surface area contributed by atoms with E-state index in [4.69, 9.17) is 4.74 Å². The molecule has 2 N–H and O–H groups in total. The number of carbonyl (C=O) groups excluding carboxylic acids is 1. The molecule has 122 valence electrons. The van der Waals surface area contributed by atoms with Gasteiger partial charge in [0.05, 0.1) is 24.3 Å². The normalized spacial score (nSPS) is 22.4. The van der Waals surface area contributed by atoms with Gasteiger partial charge in [-0.1, -0.05) is 0 Å². The number of carbonyl (C=O) groups is 1. The maximum absolute atomic E-state index is 13.0. The fourth-order valence-corrected chi connectivity index (χ4v) is 2.26. The molecule has 0 saturated carbocycles. The summed E-state index contributed by atoms with van der Waals surface area (Å²) in [4.78, 5) is 23.3. The number of aromatic nitrogens is 1. The number of nitrogens with zero attached hydrogens (tertiary/aromatic N) is 1. The number of pyridine rings is 1. The first-order chi connectivity index (χ1) is 10.2. The Kier molecular flexibility index (Phi) is 4.57. The van der Waals surface area contributed by atoms with E-state index in [2.05, 4.69) is 5.32 Å². The molecule has 0 spiro atoms. The molecule has 9 heteroatoms. The van der Waals surface area contributed by atoms with Crippen molar-refractivity contribution in [1.29, 1.82) is 0 Å². The Bertz CT molecular complexity index is 627. The Labute approximate surface area is 123 Å². The van der Waals surface area contributed by atoms with Gasteiger partial charge in [-0.25, -0.2) is 0 Å². The quantitative estimate of drug-likeness (QED) is 0.856. The van der Waals surface area contributed by atoms with Crippen LogP contribution in [0.5, 0.6) is 0 Å². The number of ether oxygens (including phenoxy) is 1. The summed E-state index contributed by atoms with van der Waals surface area (Å²) in [5.74, 6) is -0.664. The highest BCUT2D eigenvalue weighted by Gasteiger charge is 2.34. The smallest absolute Gasteiger partial charge is 0.391 e. The third kappa shape index (κ3) is 3.47. The van der Waals surface area contributed by atoms with Crippen LogP contribution in [0, 0.1) is 0 Å². The average molecular weight is 320 g/mol. The van der Waals surface area contributed by atoms with Crippen molar-refractivity contribution in [2.24, 2.45) is 0 Å². The molecule has 1 aromatic rings. The second-order valence-electron chi connectivity index (χ2n) is 5.03. The molecule has 0 radical (unpaired) electrons. The molecular formula is C13H15F3N2O4. The molecule has 22 heavy (non-hydrogen) atoms. The second kappa shape index (κ2) is 6.09. The molecule has 2 atom stereocenters. The van der Waals surface area contributed by atoms with E-state index in [9.17, 15) is 27.9 Å². The number of aliphatic hydroxyl groups excluding tert-OH is 1. The molecule has 1 saturated heterocycles. The van der Waals surface area contributed by atoms with Crippen LogP contribution in [0.25, 0.3) is 0 Å². The Morgan fingerprint density at radius 2 is 2.18 bits per heavy atom. The Morgan fingerprint density at radius 3 is 2.73 bits per heavy atom. The van der Waals surface area contributed by atoms with Crippen LogP contribution in [-0.4, -0.2) is 34.9 Å². The largest absolute Gasteiger partial charge is 0.417 e. The van der Waals surface area contributed by atoms with Crippen molar-refractivity contribution in [3.05, 3.63) is 28.2 Å². The van der Waals surface area contributed by atoms with E-state index in [-0.39, 0.29) is 19.6 Å². The summed E-state index contributed by atoms with van der Waals surface area (Å²) in [5, 5.41) is 12.0. The Balaban J connectivity index is 2.56. The second-order valence-corrected chi connectivity index (χ2v) is 5.03. The maximum atomic E-state index is 13.0. The lowest BCUT2D eigenvalue weighted by Gasteiger charge is -2.30. The van der Waals surface area contributed by atoms with Crippen molar-refractivity contribution in [3.8, 4) is 0 Å². The van der Waals surface area contributed by atoms with E-state index in [1.54, 1.807) is 0 Å². The minimum atomic E-state index is -4.69. The lowest BCUT2D eigenvalue weighted by Crippen LogP contribution is -2.40. The third-order valence-electron chi connectivity index (χ3n) is 3.33. The van der Waals surface area contributed by atoms with Crippen molar-refractivity contribution in [1.82, 2.24) is 4.57 Å². The van der Waals surface area contributed by atoms with Crippen LogP contribution in [0.2, 0.25) is 0 Å². The highest BCUT2D eigenvalue weighted by atomic mass is 19.4. The zero-order chi connectivity index (χ0) is 16.5. The van der Waals surface area contributed by atoms with Gasteiger partial charge >= 0.3 is 6.18 Å². The summed E-state index contributed by atoms with van der Waals surface area (Å²) < 4.78 is 44.8. The maximum Gasteiger partial charge on any atom is 0.417 e. The number of nitrogens with one attached hydrogen (secondary N) is 1. The molecule has 1 fully saturated rings. The highest BCUT2D eigenvalue weighted by Crippen LogP contribution is 2.31. The highest BCUT2D eigenvalue weighted by molar-refractivity contribution is 5.88. The zero-order valence-electron chi connectivity index (χ0n) is 11.7. The lowest BCUT2D eigenvalue weighted by molar-refractivity contribution is -0.138. The van der Waals surface area contributed by atoms with Gasteiger partial charge < -0.3 is 19.7 Å². The lowest BCUT2D eigenvalue weighted by atomic mass is 10.1. The number of aliphatic hydroxyl groups is 1. The molecule has 0 aliphatic carbocycles. The topological polar surface area (TPSA) is 80.6 Å². The van der Waals surface area contributed by atoms with Crippen LogP contribution >= 0.6 is 0 Å². The fourth-order valence-electron chi connectivity index (χ4n) is 2.26. The predicted octanol–water partition coefficient (Wildman–Crippen LogP) is 1.15. The van der Waals surface area contributed by atoms with Gasteiger partial charge in [0.15, 0.2) is 0 Å². The molecule has 6 nitrogen and oxygen atoms in total. The molecule has 1 aliphatic heterocycles. The third-order valence-corrected chi connectivity index (χ3v) is 3.33. The summed E-state index contributed by atoms with van der Waals surface area (Å²) in [6.07, 6.45) is -4.84. The van der Waals surface area contributed by atoms with Crippen molar-refractivity contribution in [3.63, 3.8) is 0 Å². The number of hydrogen-bond donors (Lipinski definition) is 2. The number of alkyl halides is 3. The molecule has 2 rings (SSSR count). The fraction of sp³-hybridized carbons (Fsp3) is 0.538. The number of anilines is 1. The number of amides is 1. The van der Waals surface area contributed by atoms with E-state index in [1.807, 2.05) is 0 Å². The van der Waals surface area contributed by atoms with Crippen LogP contribution in [-0.2, 0) is 15.7 Å². The monoisotopic (exact) mass is 320 g/mol. The average Bonchev–Trinajstić information content (AvgIpc) is 2.40. The Hall–Kier alpha value is -1.87. The van der Waals surface area contributed by atoms with Crippen LogP contribution < -0.4 is 10.9 Å². The number of halogens is 3. The summed E-state index contributed by atoms with van der Waals surface area (Å²) >= 11 is 0. The molecular weight excluding hydrogens is 305 g/mol. The molecule has 1 aliphatic rings. The van der Waals surface area contributed by atoms with Gasteiger partial charge in [-0.3, -0.25) is 9.59 Å². The van der Waals surface area contributed by atoms with E-state index in [1.165, 1.54) is 0 Å². The van der Waals surface area contributed by atoms with Crippen LogP contribution in [0.4, 0.5) is 18.9 Å². The predicted molar refractivity (Wildman–Crippen MR) is 70.5 cm³/mol. The minimum absolute atomic E-state index is 0.0815. The van der Waals surface area contributed by atoms with Gasteiger partial charge in [-0.15, -0.1) is 0 Å². The number of hydrogen-bond acceptors (Lipinski definition) is 4. The minimum Gasteiger partial charge on any atom is -0.391 e. The van der Waals surface area contributed by atoms with E-state index < -0.39 is 41.0 Å². The molecule has 1 aromatic heterocycles. The van der Waals surface area contributed by atoms with E-state index >= 15 is 0 Å². The van der Waals surface area contributed by atoms with Crippen molar-refractivity contribution in [2.45, 2.75) is 31.7 Å². The molecule has 2 heterocycles. The summed E-state index contributed by atoms with van der Waals surface area (Å²) in [6, 6.07) is -0.355. The van der Waals surface area contributed by atoms with Gasteiger partial charge in [0.2, 0.25) is 5.91 Å². The summed E-state index contributed by atoms with van der Waals surface area (Å²) in [5.41, 5.74) is -2.40. The Morgan fingerprint density at radius 1 is 1.50 bits per heavy atom. The van der Waals surface area contributed by atoms with E-state index in [0.29, 0.717) is 12.3 Å². The van der Waals surface area contributed by atoms with E-state index in [0.717, 1.165) is 11.5 Å². The first-order valence-electron chi connectivity index (χ1n) is 6.57.